The summed E-state index contributed by atoms with van der Waals surface area (Å²) in [5.74, 6) is 4.67. The summed E-state index contributed by atoms with van der Waals surface area (Å²) in [6.45, 7) is 3.47. The van der Waals surface area contributed by atoms with Gasteiger partial charge in [0.05, 0.1) is 5.56 Å². The minimum atomic E-state index is -0.953. The van der Waals surface area contributed by atoms with Gasteiger partial charge in [0.2, 0.25) is 0 Å². The first-order valence-electron chi connectivity index (χ1n) is 7.85. The lowest BCUT2D eigenvalue weighted by molar-refractivity contribution is -0.144. The third-order valence-corrected chi connectivity index (χ3v) is 3.86. The van der Waals surface area contributed by atoms with E-state index in [1.54, 1.807) is 18.2 Å². The van der Waals surface area contributed by atoms with Crippen molar-refractivity contribution in [3.63, 3.8) is 0 Å². The molecule has 1 N–H and O–H groups in total. The van der Waals surface area contributed by atoms with E-state index >= 15 is 0 Å². The van der Waals surface area contributed by atoms with Crippen molar-refractivity contribution in [1.82, 2.24) is 0 Å². The van der Waals surface area contributed by atoms with Crippen LogP contribution in [-0.2, 0) is 9.53 Å². The third kappa shape index (κ3) is 4.85. The summed E-state index contributed by atoms with van der Waals surface area (Å²) in [7, 11) is 0. The van der Waals surface area contributed by atoms with Gasteiger partial charge in [-0.15, -0.1) is 0 Å². The van der Waals surface area contributed by atoms with Gasteiger partial charge < -0.3 is 9.84 Å². The maximum absolute atomic E-state index is 11.2. The zero-order valence-electron chi connectivity index (χ0n) is 13.8. The number of hydrogen-bond acceptors (Lipinski definition) is 3. The SMILES string of the molecule is CC(=O)OC1CCCC(C)=C1/C=C/C#Cc1ccc(C(=O)O)cc1. The fourth-order valence-electron chi connectivity index (χ4n) is 2.65. The standard InChI is InChI=1S/C20H20O4/c1-14-6-5-9-19(24-15(2)21)18(14)8-4-3-7-16-10-12-17(13-11-16)20(22)23/h4,8,10-13,19H,5-6,9H2,1-2H3,(H,22,23)/b8-4+. The van der Waals surface area contributed by atoms with Gasteiger partial charge in [-0.05, 0) is 68.2 Å². The number of hydrogen-bond donors (Lipinski definition) is 1. The summed E-state index contributed by atoms with van der Waals surface area (Å²) in [5.41, 5.74) is 3.22. The summed E-state index contributed by atoms with van der Waals surface area (Å²) in [4.78, 5) is 22.0. The van der Waals surface area contributed by atoms with Crippen molar-refractivity contribution in [2.75, 3.05) is 0 Å². The van der Waals surface area contributed by atoms with Crippen LogP contribution in [0.5, 0.6) is 0 Å². The molecule has 0 aromatic heterocycles. The van der Waals surface area contributed by atoms with E-state index in [9.17, 15) is 9.59 Å². The van der Waals surface area contributed by atoms with Gasteiger partial charge in [0.25, 0.3) is 0 Å². The van der Waals surface area contributed by atoms with Gasteiger partial charge in [0, 0.05) is 12.5 Å². The molecule has 24 heavy (non-hydrogen) atoms. The topological polar surface area (TPSA) is 63.6 Å². The minimum absolute atomic E-state index is 0.191. The van der Waals surface area contributed by atoms with Crippen LogP contribution in [0.3, 0.4) is 0 Å². The highest BCUT2D eigenvalue weighted by molar-refractivity contribution is 5.87. The predicted octanol–water partition coefficient (Wildman–Crippen LogP) is 3.72. The van der Waals surface area contributed by atoms with Crippen molar-refractivity contribution in [3.8, 4) is 11.8 Å². The predicted molar refractivity (Wildman–Crippen MR) is 91.5 cm³/mol. The van der Waals surface area contributed by atoms with Crippen LogP contribution in [0.4, 0.5) is 0 Å². The summed E-state index contributed by atoms with van der Waals surface area (Å²) in [6, 6.07) is 6.41. The minimum Gasteiger partial charge on any atom is -0.478 e. The maximum Gasteiger partial charge on any atom is 0.335 e. The monoisotopic (exact) mass is 324 g/mol. The summed E-state index contributed by atoms with van der Waals surface area (Å²) < 4.78 is 5.37. The van der Waals surface area contributed by atoms with Gasteiger partial charge in [0.15, 0.2) is 0 Å². The number of carboxylic acid groups (broad SMARTS) is 1. The Morgan fingerprint density at radius 2 is 2.00 bits per heavy atom. The lowest BCUT2D eigenvalue weighted by Gasteiger charge is -2.25. The van der Waals surface area contributed by atoms with Gasteiger partial charge in [-0.2, -0.15) is 0 Å². The number of carbonyl (C=O) groups is 2. The van der Waals surface area contributed by atoms with E-state index in [0.29, 0.717) is 0 Å². The van der Waals surface area contributed by atoms with Gasteiger partial charge in [-0.1, -0.05) is 17.4 Å². The first-order chi connectivity index (χ1) is 11.5. The Balaban J connectivity index is 2.09. The molecule has 2 rings (SSSR count). The van der Waals surface area contributed by atoms with E-state index in [1.165, 1.54) is 24.6 Å². The molecule has 0 fully saturated rings. The third-order valence-electron chi connectivity index (χ3n) is 3.86. The lowest BCUT2D eigenvalue weighted by atomic mass is 9.90. The molecule has 0 saturated heterocycles. The lowest BCUT2D eigenvalue weighted by Crippen LogP contribution is -2.22. The number of carbonyl (C=O) groups excluding carboxylic acids is 1. The molecule has 0 heterocycles. The molecule has 0 bridgehead atoms. The quantitative estimate of drug-likeness (QED) is 0.680. The van der Waals surface area contributed by atoms with Crippen molar-refractivity contribution in [3.05, 3.63) is 58.7 Å². The molecule has 0 radical (unpaired) electrons. The Morgan fingerprint density at radius 3 is 2.62 bits per heavy atom. The highest BCUT2D eigenvalue weighted by Gasteiger charge is 2.21. The molecular formula is C20H20O4. The normalized spacial score (nSPS) is 17.3. The average molecular weight is 324 g/mol. The summed E-state index contributed by atoms with van der Waals surface area (Å²) in [5, 5.41) is 8.86. The van der Waals surface area contributed by atoms with Crippen LogP contribution in [0.1, 0.15) is 49.0 Å². The van der Waals surface area contributed by atoms with Gasteiger partial charge in [-0.3, -0.25) is 4.79 Å². The fraction of sp³-hybridized carbons (Fsp3) is 0.300. The maximum atomic E-state index is 11.2. The number of carboxylic acids is 1. The molecule has 0 aliphatic heterocycles. The van der Waals surface area contributed by atoms with E-state index in [1.807, 2.05) is 13.0 Å². The second kappa shape index (κ2) is 8.16. The first-order valence-corrected chi connectivity index (χ1v) is 7.85. The second-order valence-electron chi connectivity index (χ2n) is 5.71. The van der Waals surface area contributed by atoms with E-state index < -0.39 is 5.97 Å². The van der Waals surface area contributed by atoms with Crippen LogP contribution >= 0.6 is 0 Å². The van der Waals surface area contributed by atoms with Gasteiger partial charge in [-0.25, -0.2) is 4.79 Å². The second-order valence-corrected chi connectivity index (χ2v) is 5.71. The summed E-state index contributed by atoms with van der Waals surface area (Å²) in [6.07, 6.45) is 6.31. The molecule has 0 saturated carbocycles. The number of ether oxygens (including phenoxy) is 1. The molecule has 0 amide bonds. The van der Waals surface area contributed by atoms with Gasteiger partial charge >= 0.3 is 11.9 Å². The Labute approximate surface area is 141 Å². The number of esters is 1. The van der Waals surface area contributed by atoms with E-state index in [-0.39, 0.29) is 17.6 Å². The molecule has 4 heteroatoms. The molecule has 1 aromatic carbocycles. The van der Waals surface area contributed by atoms with Crippen LogP contribution < -0.4 is 0 Å². The van der Waals surface area contributed by atoms with E-state index in [2.05, 4.69) is 11.8 Å². The number of benzene rings is 1. The fourth-order valence-corrected chi connectivity index (χ4v) is 2.65. The molecule has 1 aliphatic carbocycles. The smallest absolute Gasteiger partial charge is 0.335 e. The first kappa shape index (κ1) is 17.6. The van der Waals surface area contributed by atoms with Crippen LogP contribution in [0.25, 0.3) is 0 Å². The Bertz CT molecular complexity index is 742. The highest BCUT2D eigenvalue weighted by atomic mass is 16.5. The Kier molecular flexibility index (Phi) is 5.97. The van der Waals surface area contributed by atoms with Crippen LogP contribution in [0.15, 0.2) is 47.6 Å². The van der Waals surface area contributed by atoms with Crippen LogP contribution in [0.2, 0.25) is 0 Å². The molecule has 1 aromatic rings. The summed E-state index contributed by atoms with van der Waals surface area (Å²) >= 11 is 0. The Morgan fingerprint density at radius 1 is 1.29 bits per heavy atom. The van der Waals surface area contributed by atoms with Crippen LogP contribution in [-0.4, -0.2) is 23.1 Å². The van der Waals surface area contributed by atoms with Crippen molar-refractivity contribution < 1.29 is 19.4 Å². The van der Waals surface area contributed by atoms with Crippen molar-refractivity contribution in [2.45, 2.75) is 39.2 Å². The molecular weight excluding hydrogens is 304 g/mol. The number of allylic oxidation sites excluding steroid dienone is 2. The van der Waals surface area contributed by atoms with Crippen LogP contribution in [0, 0.1) is 11.8 Å². The zero-order chi connectivity index (χ0) is 17.5. The van der Waals surface area contributed by atoms with E-state index in [0.717, 1.165) is 30.4 Å². The molecule has 124 valence electrons. The molecule has 4 nitrogen and oxygen atoms in total. The number of aromatic carboxylic acids is 1. The molecule has 0 spiro atoms. The van der Waals surface area contributed by atoms with Crippen molar-refractivity contribution in [1.29, 1.82) is 0 Å². The molecule has 1 unspecified atom stereocenters. The molecule has 1 aliphatic rings. The van der Waals surface area contributed by atoms with Crippen molar-refractivity contribution >= 4 is 11.9 Å². The largest absolute Gasteiger partial charge is 0.478 e. The molecule has 1 atom stereocenters. The van der Waals surface area contributed by atoms with Gasteiger partial charge in [0.1, 0.15) is 6.10 Å². The number of rotatable bonds is 3. The average Bonchev–Trinajstić information content (AvgIpc) is 2.53. The van der Waals surface area contributed by atoms with Crippen molar-refractivity contribution in [2.24, 2.45) is 0 Å². The highest BCUT2D eigenvalue weighted by Crippen LogP contribution is 2.28. The zero-order valence-corrected chi connectivity index (χ0v) is 13.8. The van der Waals surface area contributed by atoms with E-state index in [4.69, 9.17) is 9.84 Å². The Hall–Kier alpha value is -2.80.